The highest BCUT2D eigenvalue weighted by Crippen LogP contribution is 2.34. The van der Waals surface area contributed by atoms with Crippen molar-refractivity contribution in [2.24, 2.45) is 0 Å². The zero-order chi connectivity index (χ0) is 17.2. The lowest BCUT2D eigenvalue weighted by Crippen LogP contribution is -2.38. The summed E-state index contributed by atoms with van der Waals surface area (Å²) < 4.78 is 5.43. The van der Waals surface area contributed by atoms with E-state index in [0.717, 1.165) is 31.4 Å². The average molecular weight is 337 g/mol. The third-order valence-corrected chi connectivity index (χ3v) is 4.69. The topological polar surface area (TPSA) is 71.5 Å². The van der Waals surface area contributed by atoms with E-state index in [4.69, 9.17) is 4.74 Å². The van der Waals surface area contributed by atoms with E-state index in [1.165, 1.54) is 0 Å². The second-order valence-corrected chi connectivity index (χ2v) is 6.34. The van der Waals surface area contributed by atoms with Gasteiger partial charge in [0.05, 0.1) is 11.7 Å². The first kappa shape index (κ1) is 15.6. The minimum absolute atomic E-state index is 0.0168. The van der Waals surface area contributed by atoms with Crippen molar-refractivity contribution >= 4 is 17.5 Å². The molecule has 2 amide bonds. The Labute approximate surface area is 145 Å². The van der Waals surface area contributed by atoms with Crippen LogP contribution in [0.15, 0.2) is 42.7 Å². The standard InChI is InChI=1S/C19H19N3O3/c23-18-12-25-17-10-13(6-7-15(17)21-18)19(24)22-9-2-1-5-16(22)14-4-3-8-20-11-14/h3-4,6-8,10-11,16H,1-2,5,9,12H2,(H,21,23)/t16-/m1/s1. The van der Waals surface area contributed by atoms with Crippen molar-refractivity contribution in [1.29, 1.82) is 0 Å². The van der Waals surface area contributed by atoms with E-state index in [1.54, 1.807) is 24.4 Å². The minimum Gasteiger partial charge on any atom is -0.482 e. The van der Waals surface area contributed by atoms with Crippen molar-refractivity contribution in [3.8, 4) is 5.75 Å². The van der Waals surface area contributed by atoms with Gasteiger partial charge in [-0.2, -0.15) is 0 Å². The Kier molecular flexibility index (Phi) is 4.09. The number of pyridine rings is 1. The molecule has 6 heteroatoms. The fourth-order valence-electron chi connectivity index (χ4n) is 3.47. The summed E-state index contributed by atoms with van der Waals surface area (Å²) in [6.45, 7) is 0.708. The van der Waals surface area contributed by atoms with Crippen LogP contribution in [0.3, 0.4) is 0 Å². The first-order chi connectivity index (χ1) is 12.2. The maximum Gasteiger partial charge on any atom is 0.262 e. The van der Waals surface area contributed by atoms with Crippen LogP contribution in [0.1, 0.15) is 41.2 Å². The van der Waals surface area contributed by atoms with E-state index in [2.05, 4.69) is 10.3 Å². The number of aromatic nitrogens is 1. The van der Waals surface area contributed by atoms with Crippen molar-refractivity contribution in [2.45, 2.75) is 25.3 Å². The van der Waals surface area contributed by atoms with Crippen LogP contribution < -0.4 is 10.1 Å². The van der Waals surface area contributed by atoms with Gasteiger partial charge in [-0.15, -0.1) is 0 Å². The number of amides is 2. The first-order valence-corrected chi connectivity index (χ1v) is 8.50. The molecule has 2 aliphatic rings. The zero-order valence-corrected chi connectivity index (χ0v) is 13.8. The Balaban J connectivity index is 1.61. The predicted molar refractivity (Wildman–Crippen MR) is 92.4 cm³/mol. The smallest absolute Gasteiger partial charge is 0.262 e. The number of carbonyl (C=O) groups excluding carboxylic acids is 2. The number of nitrogens with zero attached hydrogens (tertiary/aromatic N) is 2. The molecule has 0 bridgehead atoms. The van der Waals surface area contributed by atoms with E-state index < -0.39 is 0 Å². The largest absolute Gasteiger partial charge is 0.482 e. The van der Waals surface area contributed by atoms with E-state index in [0.29, 0.717) is 17.0 Å². The molecule has 0 unspecified atom stereocenters. The number of benzene rings is 1. The van der Waals surface area contributed by atoms with Gasteiger partial charge in [-0.05, 0) is 49.1 Å². The van der Waals surface area contributed by atoms with Crippen LogP contribution in [-0.4, -0.2) is 34.8 Å². The van der Waals surface area contributed by atoms with Crippen LogP contribution in [0.2, 0.25) is 0 Å². The summed E-state index contributed by atoms with van der Waals surface area (Å²) in [6.07, 6.45) is 6.62. The number of ether oxygens (including phenoxy) is 1. The molecule has 0 spiro atoms. The van der Waals surface area contributed by atoms with Crippen molar-refractivity contribution in [3.63, 3.8) is 0 Å². The molecule has 2 aromatic rings. The quantitative estimate of drug-likeness (QED) is 0.915. The van der Waals surface area contributed by atoms with E-state index in [-0.39, 0.29) is 24.5 Å². The lowest BCUT2D eigenvalue weighted by atomic mass is 9.95. The van der Waals surface area contributed by atoms with Crippen LogP contribution in [0, 0.1) is 0 Å². The molecule has 1 aromatic carbocycles. The number of hydrogen-bond donors (Lipinski definition) is 1. The summed E-state index contributed by atoms with van der Waals surface area (Å²) >= 11 is 0. The van der Waals surface area contributed by atoms with Crippen molar-refractivity contribution in [1.82, 2.24) is 9.88 Å². The van der Waals surface area contributed by atoms with Gasteiger partial charge in [-0.1, -0.05) is 6.07 Å². The molecule has 0 aliphatic carbocycles. The molecule has 4 rings (SSSR count). The summed E-state index contributed by atoms with van der Waals surface area (Å²) in [5.74, 6) is 0.344. The Morgan fingerprint density at radius 2 is 2.20 bits per heavy atom. The third kappa shape index (κ3) is 3.07. The maximum absolute atomic E-state index is 13.1. The van der Waals surface area contributed by atoms with Gasteiger partial charge in [0.15, 0.2) is 6.61 Å². The summed E-state index contributed by atoms with van der Waals surface area (Å²) in [5.41, 5.74) is 2.25. The Hall–Kier alpha value is -2.89. The summed E-state index contributed by atoms with van der Waals surface area (Å²) in [5, 5.41) is 2.74. The van der Waals surface area contributed by atoms with Crippen LogP contribution >= 0.6 is 0 Å². The maximum atomic E-state index is 13.1. The second-order valence-electron chi connectivity index (χ2n) is 6.34. The van der Waals surface area contributed by atoms with Gasteiger partial charge in [0, 0.05) is 24.5 Å². The van der Waals surface area contributed by atoms with Crippen LogP contribution in [0.25, 0.3) is 0 Å². The highest BCUT2D eigenvalue weighted by atomic mass is 16.5. The number of anilines is 1. The van der Waals surface area contributed by atoms with Crippen molar-refractivity contribution < 1.29 is 14.3 Å². The second kappa shape index (κ2) is 6.55. The molecule has 3 heterocycles. The molecule has 128 valence electrons. The number of rotatable bonds is 2. The zero-order valence-electron chi connectivity index (χ0n) is 13.8. The van der Waals surface area contributed by atoms with Crippen LogP contribution in [-0.2, 0) is 4.79 Å². The average Bonchev–Trinajstić information content (AvgIpc) is 2.67. The molecule has 6 nitrogen and oxygen atoms in total. The molecule has 0 saturated carbocycles. The monoisotopic (exact) mass is 337 g/mol. The number of carbonyl (C=O) groups is 2. The fourth-order valence-corrected chi connectivity index (χ4v) is 3.47. The molecule has 1 saturated heterocycles. The minimum atomic E-state index is -0.181. The number of likely N-dealkylation sites (tertiary alicyclic amines) is 1. The van der Waals surface area contributed by atoms with E-state index in [9.17, 15) is 9.59 Å². The molecular weight excluding hydrogens is 318 g/mol. The van der Waals surface area contributed by atoms with Gasteiger partial charge >= 0.3 is 0 Å². The van der Waals surface area contributed by atoms with E-state index in [1.807, 2.05) is 23.2 Å². The molecule has 1 aromatic heterocycles. The molecule has 1 fully saturated rings. The Morgan fingerprint density at radius 3 is 3.04 bits per heavy atom. The summed E-state index contributed by atoms with van der Waals surface area (Å²) in [7, 11) is 0. The van der Waals surface area contributed by atoms with E-state index >= 15 is 0 Å². The highest BCUT2D eigenvalue weighted by molar-refractivity contribution is 5.99. The van der Waals surface area contributed by atoms with Gasteiger partial charge in [-0.25, -0.2) is 0 Å². The molecule has 1 N–H and O–H groups in total. The predicted octanol–water partition coefficient (Wildman–Crippen LogP) is 2.78. The fraction of sp³-hybridized carbons (Fsp3) is 0.316. The van der Waals surface area contributed by atoms with Gasteiger partial charge in [0.2, 0.25) is 0 Å². The normalized spacial score (nSPS) is 19.6. The summed E-state index contributed by atoms with van der Waals surface area (Å²) in [4.78, 5) is 30.6. The van der Waals surface area contributed by atoms with Crippen LogP contribution in [0.5, 0.6) is 5.75 Å². The lowest BCUT2D eigenvalue weighted by molar-refractivity contribution is -0.118. The van der Waals surface area contributed by atoms with Gasteiger partial charge in [0.1, 0.15) is 5.75 Å². The first-order valence-electron chi connectivity index (χ1n) is 8.50. The molecule has 25 heavy (non-hydrogen) atoms. The highest BCUT2D eigenvalue weighted by Gasteiger charge is 2.29. The van der Waals surface area contributed by atoms with Crippen molar-refractivity contribution in [3.05, 3.63) is 53.9 Å². The Bertz CT molecular complexity index is 807. The Morgan fingerprint density at radius 1 is 1.28 bits per heavy atom. The molecular formula is C19H19N3O3. The van der Waals surface area contributed by atoms with Gasteiger partial charge in [0.25, 0.3) is 11.8 Å². The summed E-state index contributed by atoms with van der Waals surface area (Å²) in [6, 6.07) is 9.16. The number of piperidine rings is 1. The molecule has 0 radical (unpaired) electrons. The molecule has 1 atom stereocenters. The van der Waals surface area contributed by atoms with Crippen molar-refractivity contribution in [2.75, 3.05) is 18.5 Å². The number of hydrogen-bond acceptors (Lipinski definition) is 4. The van der Waals surface area contributed by atoms with Crippen LogP contribution in [0.4, 0.5) is 5.69 Å². The van der Waals surface area contributed by atoms with Gasteiger partial charge in [-0.3, -0.25) is 14.6 Å². The number of nitrogens with one attached hydrogen (secondary N) is 1. The SMILES string of the molecule is O=C1COc2cc(C(=O)N3CCCC[C@@H]3c3cccnc3)ccc2N1. The number of fused-ring (bicyclic) bond motifs is 1. The lowest BCUT2D eigenvalue weighted by Gasteiger charge is -2.36. The van der Waals surface area contributed by atoms with Gasteiger partial charge < -0.3 is 15.0 Å². The molecule has 2 aliphatic heterocycles. The third-order valence-electron chi connectivity index (χ3n) is 4.69.